The number of nitrogens with one attached hydrogen (secondary N) is 2. The number of carbonyl (C=O) groups is 1. The van der Waals surface area contributed by atoms with Crippen molar-refractivity contribution < 1.29 is 4.79 Å². The number of carbonyl (C=O) groups excluding carboxylic acids is 1. The molecule has 1 atom stereocenters. The molecule has 2 N–H and O–H groups in total. The van der Waals surface area contributed by atoms with Crippen LogP contribution < -0.4 is 10.6 Å². The van der Waals surface area contributed by atoms with Gasteiger partial charge in [-0.15, -0.1) is 0 Å². The smallest absolute Gasteiger partial charge is 0.235 e. The fraction of sp³-hybridized carbons (Fsp3) is 0.556. The summed E-state index contributed by atoms with van der Waals surface area (Å²) in [5, 5.41) is 5.55. The second kappa shape index (κ2) is 5.60. The van der Waals surface area contributed by atoms with Crippen molar-refractivity contribution in [3.63, 3.8) is 0 Å². The molecule has 0 aliphatic rings. The van der Waals surface area contributed by atoms with E-state index in [1.165, 1.54) is 6.92 Å². The third-order valence-corrected chi connectivity index (χ3v) is 2.05. The minimum absolute atomic E-state index is 0.0459. The van der Waals surface area contributed by atoms with Crippen molar-refractivity contribution in [3.05, 3.63) is 5.28 Å². The van der Waals surface area contributed by atoms with E-state index in [0.717, 1.165) is 6.42 Å². The zero-order chi connectivity index (χ0) is 12.1. The lowest BCUT2D eigenvalue weighted by Crippen LogP contribution is -2.18. The predicted octanol–water partition coefficient (Wildman–Crippen LogP) is 1.69. The molecule has 88 valence electrons. The second-order valence-electron chi connectivity index (χ2n) is 3.39. The van der Waals surface area contributed by atoms with Crippen molar-refractivity contribution in [3.8, 4) is 0 Å². The van der Waals surface area contributed by atoms with E-state index in [9.17, 15) is 4.79 Å². The molecule has 1 rings (SSSR count). The zero-order valence-corrected chi connectivity index (χ0v) is 10.2. The number of anilines is 2. The fourth-order valence-corrected chi connectivity index (χ4v) is 1.11. The summed E-state index contributed by atoms with van der Waals surface area (Å²) in [5.74, 6) is 0.258. The molecule has 0 radical (unpaired) electrons. The molecule has 0 aromatic carbocycles. The highest BCUT2D eigenvalue weighted by atomic mass is 35.5. The highest BCUT2D eigenvalue weighted by Gasteiger charge is 2.07. The molecule has 7 heteroatoms. The van der Waals surface area contributed by atoms with Crippen LogP contribution in [0.5, 0.6) is 0 Å². The molecule has 0 aliphatic heterocycles. The Hall–Kier alpha value is -1.43. The van der Waals surface area contributed by atoms with Crippen LogP contribution in [0.4, 0.5) is 11.9 Å². The topological polar surface area (TPSA) is 79.8 Å². The Bertz CT molecular complexity index is 384. The molecule has 6 nitrogen and oxygen atoms in total. The van der Waals surface area contributed by atoms with Crippen molar-refractivity contribution >= 4 is 29.4 Å². The van der Waals surface area contributed by atoms with E-state index in [1.54, 1.807) is 0 Å². The van der Waals surface area contributed by atoms with Crippen molar-refractivity contribution in [2.75, 3.05) is 10.6 Å². The molecule has 0 bridgehead atoms. The maximum Gasteiger partial charge on any atom is 0.235 e. The van der Waals surface area contributed by atoms with Crippen LogP contribution in [0.3, 0.4) is 0 Å². The second-order valence-corrected chi connectivity index (χ2v) is 3.72. The molecule has 1 heterocycles. The van der Waals surface area contributed by atoms with Gasteiger partial charge in [0, 0.05) is 13.0 Å². The van der Waals surface area contributed by atoms with Gasteiger partial charge in [-0.25, -0.2) is 0 Å². The van der Waals surface area contributed by atoms with Crippen LogP contribution >= 0.6 is 11.6 Å². The van der Waals surface area contributed by atoms with Crippen molar-refractivity contribution in [2.45, 2.75) is 33.2 Å². The van der Waals surface area contributed by atoms with E-state index in [4.69, 9.17) is 11.6 Å². The molecule has 1 aromatic rings. The number of hydrogen-bond acceptors (Lipinski definition) is 5. The molecule has 1 unspecified atom stereocenters. The van der Waals surface area contributed by atoms with E-state index in [0.29, 0.717) is 5.95 Å². The van der Waals surface area contributed by atoms with Gasteiger partial charge in [-0.2, -0.15) is 15.0 Å². The van der Waals surface area contributed by atoms with Crippen molar-refractivity contribution in [1.29, 1.82) is 0 Å². The molecule has 0 saturated heterocycles. The predicted molar refractivity (Wildman–Crippen MR) is 62.5 cm³/mol. The molecule has 0 aliphatic carbocycles. The van der Waals surface area contributed by atoms with E-state index < -0.39 is 0 Å². The Morgan fingerprint density at radius 2 is 2.00 bits per heavy atom. The van der Waals surface area contributed by atoms with Gasteiger partial charge in [-0.3, -0.25) is 10.1 Å². The largest absolute Gasteiger partial charge is 0.352 e. The number of hydrogen-bond donors (Lipinski definition) is 2. The maximum absolute atomic E-state index is 10.8. The van der Waals surface area contributed by atoms with Crippen LogP contribution in [0.25, 0.3) is 0 Å². The van der Waals surface area contributed by atoms with Gasteiger partial charge in [0.15, 0.2) is 0 Å². The summed E-state index contributed by atoms with van der Waals surface area (Å²) in [6, 6.07) is 0.226. The van der Waals surface area contributed by atoms with E-state index >= 15 is 0 Å². The lowest BCUT2D eigenvalue weighted by molar-refractivity contribution is -0.114. The van der Waals surface area contributed by atoms with Crippen LogP contribution in [-0.2, 0) is 4.79 Å². The Balaban J connectivity index is 2.85. The maximum atomic E-state index is 10.8. The van der Waals surface area contributed by atoms with Crippen LogP contribution in [0, 0.1) is 0 Å². The summed E-state index contributed by atoms with van der Waals surface area (Å²) in [7, 11) is 0. The van der Waals surface area contributed by atoms with E-state index in [-0.39, 0.29) is 23.2 Å². The molecule has 0 spiro atoms. The van der Waals surface area contributed by atoms with Crippen molar-refractivity contribution in [2.24, 2.45) is 0 Å². The number of halogens is 1. The molecule has 0 fully saturated rings. The first-order chi connectivity index (χ1) is 7.51. The first-order valence-electron chi connectivity index (χ1n) is 4.97. The quantitative estimate of drug-likeness (QED) is 0.841. The minimum Gasteiger partial charge on any atom is -0.352 e. The highest BCUT2D eigenvalue weighted by Crippen LogP contribution is 2.10. The van der Waals surface area contributed by atoms with Gasteiger partial charge in [0.05, 0.1) is 0 Å². The lowest BCUT2D eigenvalue weighted by atomic mass is 10.3. The number of amides is 1. The number of aromatic nitrogens is 3. The van der Waals surface area contributed by atoms with Gasteiger partial charge >= 0.3 is 0 Å². The minimum atomic E-state index is -0.253. The lowest BCUT2D eigenvalue weighted by Gasteiger charge is -2.11. The first-order valence-corrected chi connectivity index (χ1v) is 5.34. The first kappa shape index (κ1) is 12.6. The monoisotopic (exact) mass is 243 g/mol. The molecule has 1 aromatic heterocycles. The zero-order valence-electron chi connectivity index (χ0n) is 9.41. The summed E-state index contributed by atoms with van der Waals surface area (Å²) >= 11 is 5.71. The third kappa shape index (κ3) is 3.98. The number of nitrogens with zero attached hydrogens (tertiary/aromatic N) is 3. The normalized spacial score (nSPS) is 12.0. The van der Waals surface area contributed by atoms with Crippen LogP contribution in [0.1, 0.15) is 27.2 Å². The Kier molecular flexibility index (Phi) is 4.42. The van der Waals surface area contributed by atoms with Crippen LogP contribution in [0.2, 0.25) is 5.28 Å². The average molecular weight is 244 g/mol. The Labute approximate surface area is 98.8 Å². The Morgan fingerprint density at radius 1 is 1.38 bits per heavy atom. The van der Waals surface area contributed by atoms with Gasteiger partial charge in [-0.05, 0) is 24.9 Å². The fourth-order valence-electron chi connectivity index (χ4n) is 0.950. The van der Waals surface area contributed by atoms with Gasteiger partial charge in [0.25, 0.3) is 0 Å². The SMILES string of the molecule is CCC(C)Nc1nc(Cl)nc(NC(C)=O)n1. The summed E-state index contributed by atoms with van der Waals surface area (Å²) in [6.45, 7) is 5.41. The van der Waals surface area contributed by atoms with Gasteiger partial charge in [-0.1, -0.05) is 6.92 Å². The van der Waals surface area contributed by atoms with E-state index in [1.807, 2.05) is 13.8 Å². The van der Waals surface area contributed by atoms with Crippen LogP contribution in [-0.4, -0.2) is 26.9 Å². The summed E-state index contributed by atoms with van der Waals surface area (Å²) in [6.07, 6.45) is 0.929. The van der Waals surface area contributed by atoms with Gasteiger partial charge in [0.1, 0.15) is 0 Å². The highest BCUT2D eigenvalue weighted by molar-refractivity contribution is 6.28. The van der Waals surface area contributed by atoms with Gasteiger partial charge in [0.2, 0.25) is 23.1 Å². The molecule has 1 amide bonds. The third-order valence-electron chi connectivity index (χ3n) is 1.88. The molecular weight excluding hydrogens is 230 g/mol. The molecular formula is C9H14ClN5O. The summed E-state index contributed by atoms with van der Waals surface area (Å²) in [5.41, 5.74) is 0. The average Bonchev–Trinajstić information content (AvgIpc) is 2.15. The number of rotatable bonds is 4. The molecule has 0 saturated carbocycles. The summed E-state index contributed by atoms with van der Waals surface area (Å²) < 4.78 is 0. The van der Waals surface area contributed by atoms with E-state index in [2.05, 4.69) is 25.6 Å². The summed E-state index contributed by atoms with van der Waals surface area (Å²) in [4.78, 5) is 22.5. The van der Waals surface area contributed by atoms with Crippen LogP contribution in [0.15, 0.2) is 0 Å². The standard InChI is InChI=1S/C9H14ClN5O/c1-4-5(2)11-8-13-7(10)14-9(15-8)12-6(3)16/h5H,4H2,1-3H3,(H2,11,12,13,14,15,16). The van der Waals surface area contributed by atoms with Crippen molar-refractivity contribution in [1.82, 2.24) is 15.0 Å². The molecule has 16 heavy (non-hydrogen) atoms. The van der Waals surface area contributed by atoms with Gasteiger partial charge < -0.3 is 5.32 Å². The Morgan fingerprint density at radius 3 is 2.56 bits per heavy atom.